The Morgan fingerprint density at radius 2 is 0.667 bits per heavy atom. The van der Waals surface area contributed by atoms with Crippen molar-refractivity contribution < 1.29 is 19.5 Å². The molecular weight excluding hydrogens is 282 g/mol. The summed E-state index contributed by atoms with van der Waals surface area (Å²) in [6.45, 7) is 22.7. The molecule has 0 aromatic carbocycles. The molecule has 0 bridgehead atoms. The van der Waals surface area contributed by atoms with E-state index < -0.39 is 24.2 Å². The summed E-state index contributed by atoms with van der Waals surface area (Å²) < 4.78 is 0. The van der Waals surface area contributed by atoms with Gasteiger partial charge in [-0.15, -0.1) is 24.2 Å². The molecule has 0 radical (unpaired) electrons. The first-order chi connectivity index (χ1) is 5.37. The van der Waals surface area contributed by atoms with E-state index in [0.717, 1.165) is 0 Å². The maximum atomic E-state index is 2.53. The van der Waals surface area contributed by atoms with E-state index in [2.05, 4.69) is 63.7 Å². The second-order valence-corrected chi connectivity index (χ2v) is 23.6. The van der Waals surface area contributed by atoms with Crippen LogP contribution in [0.3, 0.4) is 0 Å². The van der Waals surface area contributed by atoms with Gasteiger partial charge in [-0.1, -0.05) is 58.9 Å². The Balaban J connectivity index is -0.000000720. The maximum Gasteiger partial charge on any atom is 2.00 e. The van der Waals surface area contributed by atoms with Crippen LogP contribution in [0.5, 0.6) is 0 Å². The number of hydrogen-bond acceptors (Lipinski definition) is 0. The largest absolute Gasteiger partial charge is 2.00 e. The molecule has 4 heteroatoms. The van der Waals surface area contributed by atoms with E-state index in [9.17, 15) is 0 Å². The average Bonchev–Trinajstić information content (AvgIpc) is 1.44. The quantitative estimate of drug-likeness (QED) is 0.526. The molecule has 0 fully saturated rings. The summed E-state index contributed by atoms with van der Waals surface area (Å²) in [6, 6.07) is 0. The molecule has 0 aliphatic rings. The van der Waals surface area contributed by atoms with Crippen molar-refractivity contribution in [3.63, 3.8) is 0 Å². The van der Waals surface area contributed by atoms with Crippen molar-refractivity contribution in [2.75, 3.05) is 0 Å². The summed E-state index contributed by atoms with van der Waals surface area (Å²) in [5.74, 6) is 0. The third-order valence-electron chi connectivity index (χ3n) is 2.25. The zero-order valence-electron chi connectivity index (χ0n) is 12.7. The minimum Gasteiger partial charge on any atom is -0.358 e. The van der Waals surface area contributed by atoms with Crippen LogP contribution in [0.15, 0.2) is 0 Å². The van der Waals surface area contributed by atoms with E-state index in [1.165, 1.54) is 0 Å². The zero-order valence-corrected chi connectivity index (χ0v) is 18.7. The van der Waals surface area contributed by atoms with Gasteiger partial charge in [-0.3, -0.25) is 0 Å². The summed E-state index contributed by atoms with van der Waals surface area (Å²) in [5, 5.41) is 0. The van der Waals surface area contributed by atoms with Gasteiger partial charge in [-0.25, -0.2) is 0 Å². The SMILES string of the molecule is C[Si](C)(C)[C-]([Si](C)(C)C)[Si](C)(C)C.[CH3-].[Zn+2]. The summed E-state index contributed by atoms with van der Waals surface area (Å²) in [5.41, 5.74) is 0. The van der Waals surface area contributed by atoms with Crippen LogP contribution in [0.25, 0.3) is 0 Å². The van der Waals surface area contributed by atoms with Crippen LogP contribution in [0.4, 0.5) is 0 Å². The van der Waals surface area contributed by atoms with Crippen molar-refractivity contribution >= 4 is 24.2 Å². The Bertz CT molecular complexity index is 138. The van der Waals surface area contributed by atoms with Crippen LogP contribution in [0.1, 0.15) is 0 Å². The molecule has 0 aromatic heterocycles. The van der Waals surface area contributed by atoms with Crippen LogP contribution in [0.2, 0.25) is 58.9 Å². The normalized spacial score (nSPS) is 13.2. The molecule has 0 amide bonds. The van der Waals surface area contributed by atoms with Crippen molar-refractivity contribution in [2.45, 2.75) is 58.9 Å². The van der Waals surface area contributed by atoms with Gasteiger partial charge in [0.15, 0.2) is 0 Å². The van der Waals surface area contributed by atoms with Gasteiger partial charge in [-0.2, -0.15) is 0 Å². The summed E-state index contributed by atoms with van der Waals surface area (Å²) in [7, 11) is -3.05. The Morgan fingerprint density at radius 1 is 0.533 bits per heavy atom. The Kier molecular flexibility index (Phi) is 9.01. The van der Waals surface area contributed by atoms with Crippen LogP contribution < -0.4 is 0 Å². The molecule has 0 aliphatic heterocycles. The van der Waals surface area contributed by atoms with Gasteiger partial charge in [0.2, 0.25) is 0 Å². The van der Waals surface area contributed by atoms with Gasteiger partial charge in [0.25, 0.3) is 0 Å². The monoisotopic (exact) mass is 310 g/mol. The molecule has 0 saturated carbocycles. The molecule has 0 saturated heterocycles. The first-order valence-corrected chi connectivity index (χ1v) is 15.8. The first kappa shape index (κ1) is 21.5. The van der Waals surface area contributed by atoms with E-state index in [1.807, 2.05) is 0 Å². The molecule has 0 rings (SSSR count). The third kappa shape index (κ3) is 7.24. The van der Waals surface area contributed by atoms with Crippen molar-refractivity contribution in [3.8, 4) is 0 Å². The maximum absolute atomic E-state index is 2.53. The van der Waals surface area contributed by atoms with Crippen LogP contribution in [-0.2, 0) is 19.5 Å². The molecule has 88 valence electrons. The van der Waals surface area contributed by atoms with Crippen LogP contribution >= 0.6 is 0 Å². The van der Waals surface area contributed by atoms with E-state index in [4.69, 9.17) is 0 Å². The predicted molar refractivity (Wildman–Crippen MR) is 79.7 cm³/mol. The fourth-order valence-electron chi connectivity index (χ4n) is 3.38. The average molecular weight is 312 g/mol. The molecule has 0 nitrogen and oxygen atoms in total. The van der Waals surface area contributed by atoms with Gasteiger partial charge >= 0.3 is 19.5 Å². The molecule has 15 heavy (non-hydrogen) atoms. The zero-order chi connectivity index (χ0) is 11.1. The Hall–Kier alpha value is 1.27. The summed E-state index contributed by atoms with van der Waals surface area (Å²) in [4.78, 5) is 2.06. The smallest absolute Gasteiger partial charge is 0.358 e. The fraction of sp³-hybridized carbons (Fsp3) is 0.818. The van der Waals surface area contributed by atoms with Gasteiger partial charge < -0.3 is 12.2 Å². The van der Waals surface area contributed by atoms with Crippen molar-refractivity contribution in [3.05, 3.63) is 12.2 Å². The van der Waals surface area contributed by atoms with Gasteiger partial charge in [0.05, 0.1) is 0 Å². The van der Waals surface area contributed by atoms with E-state index in [1.54, 1.807) is 0 Å². The molecule has 0 heterocycles. The van der Waals surface area contributed by atoms with Crippen molar-refractivity contribution in [1.29, 1.82) is 0 Å². The van der Waals surface area contributed by atoms with Crippen LogP contribution in [0, 0.1) is 12.2 Å². The minimum absolute atomic E-state index is 0. The fourth-order valence-corrected chi connectivity index (χ4v) is 30.4. The van der Waals surface area contributed by atoms with Crippen molar-refractivity contribution in [2.24, 2.45) is 0 Å². The molecule has 0 aromatic rings. The number of rotatable bonds is 3. The van der Waals surface area contributed by atoms with Gasteiger partial charge in [-0.05, 0) is 0 Å². The topological polar surface area (TPSA) is 0 Å². The minimum atomic E-state index is -1.02. The second kappa shape index (κ2) is 6.27. The van der Waals surface area contributed by atoms with Gasteiger partial charge in [0, 0.05) is 0 Å². The molecule has 0 unspecified atom stereocenters. The summed E-state index contributed by atoms with van der Waals surface area (Å²) >= 11 is 0. The Labute approximate surface area is 114 Å². The second-order valence-electron chi connectivity index (χ2n) is 7.12. The summed E-state index contributed by atoms with van der Waals surface area (Å²) in [6.07, 6.45) is 0. The molecule has 0 aliphatic carbocycles. The third-order valence-corrected chi connectivity index (χ3v) is 20.2. The predicted octanol–water partition coefficient (Wildman–Crippen LogP) is 4.64. The number of hydrogen-bond donors (Lipinski definition) is 0. The van der Waals surface area contributed by atoms with Crippen molar-refractivity contribution in [1.82, 2.24) is 0 Å². The molecular formula is C11H30Si3Zn. The van der Waals surface area contributed by atoms with E-state index in [0.29, 0.717) is 0 Å². The molecule has 0 atom stereocenters. The molecule has 0 spiro atoms. The molecule has 0 N–H and O–H groups in total. The Morgan fingerprint density at radius 3 is 0.667 bits per heavy atom. The van der Waals surface area contributed by atoms with E-state index in [-0.39, 0.29) is 26.9 Å². The van der Waals surface area contributed by atoms with Crippen LogP contribution in [-0.4, -0.2) is 24.2 Å². The first-order valence-electron chi connectivity index (χ1n) is 5.25. The standard InChI is InChI=1S/C10H27Si3.CH3.Zn/c1-11(2,3)10(12(4,5)6)13(7,8)9;;/h1-9H3;1H3;/q2*-1;+2. The van der Waals surface area contributed by atoms with E-state index >= 15 is 0 Å². The van der Waals surface area contributed by atoms with Gasteiger partial charge in [0.1, 0.15) is 0 Å².